The maximum atomic E-state index is 11.0. The maximum Gasteiger partial charge on any atom is 0.358 e. The van der Waals surface area contributed by atoms with Crippen molar-refractivity contribution in [3.8, 4) is 5.75 Å². The van der Waals surface area contributed by atoms with Gasteiger partial charge in [-0.15, -0.1) is 5.10 Å². The zero-order valence-corrected chi connectivity index (χ0v) is 10.8. The number of aromatic nitrogens is 3. The van der Waals surface area contributed by atoms with Crippen LogP contribution in [0.4, 0.5) is 0 Å². The Balaban J connectivity index is 2.25. The normalized spacial score (nSPS) is 10.4. The molecule has 0 saturated heterocycles. The van der Waals surface area contributed by atoms with Crippen LogP contribution in [-0.2, 0) is 13.0 Å². The van der Waals surface area contributed by atoms with Crippen molar-refractivity contribution in [2.24, 2.45) is 0 Å². The van der Waals surface area contributed by atoms with Gasteiger partial charge in [0.2, 0.25) is 0 Å². The van der Waals surface area contributed by atoms with E-state index in [4.69, 9.17) is 9.84 Å². The van der Waals surface area contributed by atoms with Gasteiger partial charge in [-0.3, -0.25) is 0 Å². The minimum absolute atomic E-state index is 0.0241. The van der Waals surface area contributed by atoms with E-state index in [1.165, 1.54) is 0 Å². The molecular formula is C13H15N3O3. The summed E-state index contributed by atoms with van der Waals surface area (Å²) in [5.74, 6) is -0.262. The van der Waals surface area contributed by atoms with Crippen LogP contribution in [0.3, 0.4) is 0 Å². The van der Waals surface area contributed by atoms with Gasteiger partial charge in [0.15, 0.2) is 5.69 Å². The number of ether oxygens (including phenoxy) is 1. The lowest BCUT2D eigenvalue weighted by atomic mass is 10.2. The highest BCUT2D eigenvalue weighted by molar-refractivity contribution is 5.86. The smallest absolute Gasteiger partial charge is 0.358 e. The van der Waals surface area contributed by atoms with Crippen LogP contribution < -0.4 is 4.74 Å². The fraction of sp³-hybridized carbons (Fsp3) is 0.308. The molecule has 2 rings (SSSR count). The van der Waals surface area contributed by atoms with Gasteiger partial charge in [0.1, 0.15) is 5.75 Å². The summed E-state index contributed by atoms with van der Waals surface area (Å²) in [7, 11) is 1.61. The molecule has 2 aromatic rings. The molecule has 1 heterocycles. The summed E-state index contributed by atoms with van der Waals surface area (Å²) in [6.07, 6.45) is 0.574. The first-order valence-electron chi connectivity index (χ1n) is 5.94. The number of rotatable bonds is 5. The Kier molecular flexibility index (Phi) is 3.79. The Morgan fingerprint density at radius 2 is 2.05 bits per heavy atom. The van der Waals surface area contributed by atoms with Crippen molar-refractivity contribution in [1.82, 2.24) is 15.0 Å². The molecule has 19 heavy (non-hydrogen) atoms. The predicted octanol–water partition coefficient (Wildman–Crippen LogP) is 1.60. The quantitative estimate of drug-likeness (QED) is 0.884. The van der Waals surface area contributed by atoms with Crippen molar-refractivity contribution in [2.45, 2.75) is 19.9 Å². The van der Waals surface area contributed by atoms with E-state index in [0.29, 0.717) is 18.7 Å². The Bertz CT molecular complexity index is 575. The monoisotopic (exact) mass is 261 g/mol. The van der Waals surface area contributed by atoms with Crippen molar-refractivity contribution in [2.75, 3.05) is 7.11 Å². The summed E-state index contributed by atoms with van der Waals surface area (Å²) >= 11 is 0. The highest BCUT2D eigenvalue weighted by atomic mass is 16.5. The van der Waals surface area contributed by atoms with E-state index in [9.17, 15) is 4.79 Å². The number of carboxylic acid groups (broad SMARTS) is 1. The van der Waals surface area contributed by atoms with E-state index in [1.807, 2.05) is 31.2 Å². The fourth-order valence-corrected chi connectivity index (χ4v) is 1.88. The van der Waals surface area contributed by atoms with Gasteiger partial charge in [0.25, 0.3) is 0 Å². The summed E-state index contributed by atoms with van der Waals surface area (Å²) in [6, 6.07) is 7.55. The van der Waals surface area contributed by atoms with Gasteiger partial charge in [0.05, 0.1) is 19.3 Å². The van der Waals surface area contributed by atoms with Crippen LogP contribution >= 0.6 is 0 Å². The molecular weight excluding hydrogens is 246 g/mol. The number of hydrogen-bond donors (Lipinski definition) is 1. The molecule has 6 nitrogen and oxygen atoms in total. The SMILES string of the molecule is CCc1c(C(=O)O)nnn1Cc1ccc(OC)cc1. The molecule has 0 saturated carbocycles. The zero-order valence-electron chi connectivity index (χ0n) is 10.8. The second kappa shape index (κ2) is 5.51. The summed E-state index contributed by atoms with van der Waals surface area (Å²) in [6.45, 7) is 2.38. The summed E-state index contributed by atoms with van der Waals surface area (Å²) in [5.41, 5.74) is 1.66. The number of carboxylic acids is 1. The van der Waals surface area contributed by atoms with E-state index in [-0.39, 0.29) is 5.69 Å². The molecule has 0 atom stereocenters. The van der Waals surface area contributed by atoms with Gasteiger partial charge >= 0.3 is 5.97 Å². The van der Waals surface area contributed by atoms with Gasteiger partial charge < -0.3 is 9.84 Å². The molecule has 0 aliphatic rings. The standard InChI is InChI=1S/C13H15N3O3/c1-3-11-12(13(17)18)14-15-16(11)8-9-4-6-10(19-2)7-5-9/h4-7H,3,8H2,1-2H3,(H,17,18). The average Bonchev–Trinajstić information content (AvgIpc) is 2.82. The van der Waals surface area contributed by atoms with Crippen LogP contribution in [0.5, 0.6) is 5.75 Å². The molecule has 100 valence electrons. The first-order valence-corrected chi connectivity index (χ1v) is 5.94. The number of aromatic carboxylic acids is 1. The molecule has 0 aliphatic heterocycles. The number of nitrogens with zero attached hydrogens (tertiary/aromatic N) is 3. The van der Waals surface area contributed by atoms with Crippen molar-refractivity contribution in [3.63, 3.8) is 0 Å². The molecule has 0 unspecified atom stereocenters. The summed E-state index contributed by atoms with van der Waals surface area (Å²) < 4.78 is 6.70. The van der Waals surface area contributed by atoms with Gasteiger partial charge in [-0.2, -0.15) is 0 Å². The van der Waals surface area contributed by atoms with E-state index in [0.717, 1.165) is 11.3 Å². The molecule has 1 N–H and O–H groups in total. The molecule has 1 aromatic carbocycles. The van der Waals surface area contributed by atoms with Crippen LogP contribution in [0.2, 0.25) is 0 Å². The van der Waals surface area contributed by atoms with Crippen molar-refractivity contribution >= 4 is 5.97 Å². The average molecular weight is 261 g/mol. The van der Waals surface area contributed by atoms with Gasteiger partial charge in [-0.05, 0) is 24.1 Å². The number of carbonyl (C=O) groups is 1. The van der Waals surface area contributed by atoms with E-state index in [1.54, 1.807) is 11.8 Å². The largest absolute Gasteiger partial charge is 0.497 e. The number of methoxy groups -OCH3 is 1. The minimum atomic E-state index is -1.04. The van der Waals surface area contributed by atoms with E-state index >= 15 is 0 Å². The number of hydrogen-bond acceptors (Lipinski definition) is 4. The molecule has 0 radical (unpaired) electrons. The predicted molar refractivity (Wildman–Crippen MR) is 68.5 cm³/mol. The molecule has 1 aromatic heterocycles. The van der Waals surface area contributed by atoms with Gasteiger partial charge in [-0.1, -0.05) is 24.3 Å². The lowest BCUT2D eigenvalue weighted by Gasteiger charge is -2.06. The third kappa shape index (κ3) is 2.73. The van der Waals surface area contributed by atoms with Gasteiger partial charge in [-0.25, -0.2) is 9.48 Å². The zero-order chi connectivity index (χ0) is 13.8. The minimum Gasteiger partial charge on any atom is -0.497 e. The van der Waals surface area contributed by atoms with E-state index in [2.05, 4.69) is 10.3 Å². The van der Waals surface area contributed by atoms with Crippen LogP contribution in [0.15, 0.2) is 24.3 Å². The van der Waals surface area contributed by atoms with Crippen molar-refractivity contribution in [1.29, 1.82) is 0 Å². The Labute approximate surface area is 110 Å². The highest BCUT2D eigenvalue weighted by Gasteiger charge is 2.17. The fourth-order valence-electron chi connectivity index (χ4n) is 1.88. The second-order valence-electron chi connectivity index (χ2n) is 4.05. The molecule has 0 bridgehead atoms. The summed E-state index contributed by atoms with van der Waals surface area (Å²) in [4.78, 5) is 11.0. The van der Waals surface area contributed by atoms with Crippen LogP contribution in [0, 0.1) is 0 Å². The maximum absolute atomic E-state index is 11.0. The van der Waals surface area contributed by atoms with Crippen molar-refractivity contribution in [3.05, 3.63) is 41.2 Å². The van der Waals surface area contributed by atoms with Crippen LogP contribution in [0.25, 0.3) is 0 Å². The lowest BCUT2D eigenvalue weighted by molar-refractivity contribution is 0.0689. The second-order valence-corrected chi connectivity index (χ2v) is 4.05. The topological polar surface area (TPSA) is 77.2 Å². The van der Waals surface area contributed by atoms with Gasteiger partial charge in [0, 0.05) is 0 Å². The third-order valence-corrected chi connectivity index (χ3v) is 2.87. The Morgan fingerprint density at radius 1 is 1.37 bits per heavy atom. The molecule has 0 aliphatic carbocycles. The third-order valence-electron chi connectivity index (χ3n) is 2.87. The van der Waals surface area contributed by atoms with Crippen LogP contribution in [0.1, 0.15) is 28.7 Å². The summed E-state index contributed by atoms with van der Waals surface area (Å²) in [5, 5.41) is 16.6. The first-order chi connectivity index (χ1) is 9.15. The molecule has 0 amide bonds. The highest BCUT2D eigenvalue weighted by Crippen LogP contribution is 2.14. The van der Waals surface area contributed by atoms with Crippen molar-refractivity contribution < 1.29 is 14.6 Å². The molecule has 0 fully saturated rings. The lowest BCUT2D eigenvalue weighted by Crippen LogP contribution is -2.08. The Hall–Kier alpha value is -2.37. The van der Waals surface area contributed by atoms with Crippen LogP contribution in [-0.4, -0.2) is 33.2 Å². The Morgan fingerprint density at radius 3 is 2.58 bits per heavy atom. The van der Waals surface area contributed by atoms with E-state index < -0.39 is 5.97 Å². The molecule has 0 spiro atoms. The molecule has 6 heteroatoms. The first kappa shape index (κ1) is 13.1. The number of benzene rings is 1.